The maximum absolute atomic E-state index is 13.3. The number of fused-ring (bicyclic) bond motifs is 1. The first-order valence-electron chi connectivity index (χ1n) is 7.60. The van der Waals surface area contributed by atoms with Gasteiger partial charge >= 0.3 is 0 Å². The van der Waals surface area contributed by atoms with Crippen LogP contribution in [0.2, 0.25) is 0 Å². The van der Waals surface area contributed by atoms with E-state index in [1.807, 2.05) is 11.0 Å². The molecule has 0 unspecified atom stereocenters. The summed E-state index contributed by atoms with van der Waals surface area (Å²) in [5.74, 6) is 0.00118. The second-order valence-electron chi connectivity index (χ2n) is 5.70. The van der Waals surface area contributed by atoms with Crippen molar-refractivity contribution in [2.24, 2.45) is 4.40 Å². The van der Waals surface area contributed by atoms with Crippen LogP contribution in [0.25, 0.3) is 0 Å². The normalized spacial score (nSPS) is 19.1. The Kier molecular flexibility index (Phi) is 3.49. The molecule has 1 aromatic heterocycles. The number of anilines is 1. The Hall–Kier alpha value is -2.48. The van der Waals surface area contributed by atoms with E-state index in [9.17, 15) is 12.8 Å². The van der Waals surface area contributed by atoms with Crippen LogP contribution in [0, 0.1) is 5.95 Å². The highest BCUT2D eigenvalue weighted by Gasteiger charge is 2.32. The Morgan fingerprint density at radius 2 is 1.71 bits per heavy atom. The molecule has 2 aromatic rings. The minimum absolute atomic E-state index is 0.263. The first kappa shape index (κ1) is 15.1. The third kappa shape index (κ3) is 2.52. The van der Waals surface area contributed by atoms with Crippen molar-refractivity contribution in [3.8, 4) is 0 Å². The van der Waals surface area contributed by atoms with Crippen molar-refractivity contribution in [2.75, 3.05) is 31.1 Å². The number of benzene rings is 1. The molecular formula is C16H15FN4O2S. The van der Waals surface area contributed by atoms with E-state index in [1.54, 1.807) is 24.3 Å². The van der Waals surface area contributed by atoms with Gasteiger partial charge in [-0.25, -0.2) is 4.98 Å². The van der Waals surface area contributed by atoms with Crippen LogP contribution in [0.15, 0.2) is 51.9 Å². The van der Waals surface area contributed by atoms with Gasteiger partial charge < -0.3 is 9.80 Å². The van der Waals surface area contributed by atoms with Crippen LogP contribution >= 0.6 is 0 Å². The number of sulfonamides is 1. The predicted octanol–water partition coefficient (Wildman–Crippen LogP) is 1.49. The molecule has 0 atom stereocenters. The van der Waals surface area contributed by atoms with Gasteiger partial charge in [0.15, 0.2) is 5.84 Å². The van der Waals surface area contributed by atoms with Gasteiger partial charge in [-0.1, -0.05) is 12.1 Å². The van der Waals surface area contributed by atoms with Crippen molar-refractivity contribution >= 4 is 21.5 Å². The van der Waals surface area contributed by atoms with E-state index in [0.29, 0.717) is 37.6 Å². The minimum Gasteiger partial charge on any atom is -0.368 e. The monoisotopic (exact) mass is 346 g/mol. The number of pyridine rings is 1. The predicted molar refractivity (Wildman–Crippen MR) is 88.1 cm³/mol. The maximum atomic E-state index is 13.3. The molecule has 1 saturated heterocycles. The van der Waals surface area contributed by atoms with E-state index in [0.717, 1.165) is 5.69 Å². The van der Waals surface area contributed by atoms with Crippen molar-refractivity contribution < 1.29 is 12.8 Å². The molecule has 3 heterocycles. The van der Waals surface area contributed by atoms with Crippen LogP contribution in [0.1, 0.15) is 5.56 Å². The fourth-order valence-electron chi connectivity index (χ4n) is 3.08. The Bertz CT molecular complexity index is 921. The van der Waals surface area contributed by atoms with E-state index < -0.39 is 16.0 Å². The van der Waals surface area contributed by atoms with Gasteiger partial charge in [0.1, 0.15) is 4.90 Å². The zero-order valence-electron chi connectivity index (χ0n) is 12.8. The van der Waals surface area contributed by atoms with Crippen molar-refractivity contribution in [3.63, 3.8) is 0 Å². The standard InChI is InChI=1S/C16H15FN4O2S/c17-15-11-12(5-6-18-15)20-7-9-21(10-8-20)16-13-3-1-2-4-14(13)24(22,23)19-16/h1-6,11H,7-10H2. The lowest BCUT2D eigenvalue weighted by Crippen LogP contribution is -2.48. The molecule has 1 aromatic carbocycles. The molecule has 24 heavy (non-hydrogen) atoms. The average Bonchev–Trinajstić information content (AvgIpc) is 2.87. The summed E-state index contributed by atoms with van der Waals surface area (Å²) in [6.07, 6.45) is 1.45. The Morgan fingerprint density at radius 3 is 2.46 bits per heavy atom. The fraction of sp³-hybridized carbons (Fsp3) is 0.250. The summed E-state index contributed by atoms with van der Waals surface area (Å²) >= 11 is 0. The summed E-state index contributed by atoms with van der Waals surface area (Å²) < 4.78 is 41.5. The largest absolute Gasteiger partial charge is 0.368 e. The molecule has 1 fully saturated rings. The van der Waals surface area contributed by atoms with Crippen LogP contribution in [0.3, 0.4) is 0 Å². The molecule has 0 radical (unpaired) electrons. The van der Waals surface area contributed by atoms with E-state index in [2.05, 4.69) is 14.3 Å². The van der Waals surface area contributed by atoms with Crippen molar-refractivity contribution in [1.82, 2.24) is 9.88 Å². The number of hydrogen-bond donors (Lipinski definition) is 0. The topological polar surface area (TPSA) is 65.9 Å². The quantitative estimate of drug-likeness (QED) is 0.732. The third-order valence-corrected chi connectivity index (χ3v) is 5.59. The van der Waals surface area contributed by atoms with Gasteiger partial charge in [0, 0.05) is 49.7 Å². The highest BCUT2D eigenvalue weighted by atomic mass is 32.2. The summed E-state index contributed by atoms with van der Waals surface area (Å²) in [4.78, 5) is 7.85. The van der Waals surface area contributed by atoms with Gasteiger partial charge in [-0.15, -0.1) is 4.40 Å². The van der Waals surface area contributed by atoms with Crippen LogP contribution < -0.4 is 4.90 Å². The number of amidine groups is 1. The van der Waals surface area contributed by atoms with Gasteiger partial charge in [0.2, 0.25) is 5.95 Å². The zero-order valence-corrected chi connectivity index (χ0v) is 13.6. The second kappa shape index (κ2) is 5.55. The average molecular weight is 346 g/mol. The molecule has 0 amide bonds. The van der Waals surface area contributed by atoms with Gasteiger partial charge in [-0.3, -0.25) is 0 Å². The molecule has 4 rings (SSSR count). The van der Waals surface area contributed by atoms with Crippen molar-refractivity contribution in [3.05, 3.63) is 54.1 Å². The van der Waals surface area contributed by atoms with E-state index in [1.165, 1.54) is 12.3 Å². The van der Waals surface area contributed by atoms with Crippen molar-refractivity contribution in [2.45, 2.75) is 4.90 Å². The molecule has 0 spiro atoms. The fourth-order valence-corrected chi connectivity index (χ4v) is 4.31. The second-order valence-corrected chi connectivity index (χ2v) is 7.27. The molecule has 0 aliphatic carbocycles. The first-order chi connectivity index (χ1) is 11.5. The lowest BCUT2D eigenvalue weighted by molar-refractivity contribution is 0.387. The SMILES string of the molecule is O=S1(=O)N=C(N2CCN(c3ccnc(F)c3)CC2)c2ccccc21. The minimum atomic E-state index is -3.60. The molecule has 6 nitrogen and oxygen atoms in total. The number of nitrogens with zero attached hydrogens (tertiary/aromatic N) is 4. The maximum Gasteiger partial charge on any atom is 0.285 e. The van der Waals surface area contributed by atoms with Crippen LogP contribution in [0.4, 0.5) is 10.1 Å². The zero-order chi connectivity index (χ0) is 16.7. The Balaban J connectivity index is 1.55. The van der Waals surface area contributed by atoms with Crippen LogP contribution in [-0.2, 0) is 10.0 Å². The molecule has 2 aliphatic heterocycles. The highest BCUT2D eigenvalue weighted by molar-refractivity contribution is 7.90. The third-order valence-electron chi connectivity index (χ3n) is 4.27. The molecule has 2 aliphatic rings. The molecule has 8 heteroatoms. The summed E-state index contributed by atoms with van der Waals surface area (Å²) in [7, 11) is -3.60. The molecule has 124 valence electrons. The molecule has 0 saturated carbocycles. The molecule has 0 bridgehead atoms. The Labute approximate surface area is 139 Å². The number of rotatable bonds is 1. The van der Waals surface area contributed by atoms with E-state index in [-0.39, 0.29) is 4.90 Å². The number of hydrogen-bond acceptors (Lipinski definition) is 5. The van der Waals surface area contributed by atoms with Crippen molar-refractivity contribution in [1.29, 1.82) is 0 Å². The van der Waals surface area contributed by atoms with Gasteiger partial charge in [0.25, 0.3) is 10.0 Å². The lowest BCUT2D eigenvalue weighted by Gasteiger charge is -2.37. The highest BCUT2D eigenvalue weighted by Crippen LogP contribution is 2.28. The summed E-state index contributed by atoms with van der Waals surface area (Å²) in [5, 5.41) is 0. The van der Waals surface area contributed by atoms with Crippen LogP contribution in [0.5, 0.6) is 0 Å². The first-order valence-corrected chi connectivity index (χ1v) is 9.04. The van der Waals surface area contributed by atoms with Gasteiger partial charge in [0.05, 0.1) is 0 Å². The number of piperazine rings is 1. The number of aromatic nitrogens is 1. The summed E-state index contributed by atoms with van der Waals surface area (Å²) in [6, 6.07) is 10.0. The van der Waals surface area contributed by atoms with E-state index in [4.69, 9.17) is 0 Å². The number of halogens is 1. The Morgan fingerprint density at radius 1 is 1.00 bits per heavy atom. The van der Waals surface area contributed by atoms with Gasteiger partial charge in [-0.05, 0) is 18.2 Å². The smallest absolute Gasteiger partial charge is 0.285 e. The van der Waals surface area contributed by atoms with E-state index >= 15 is 0 Å². The van der Waals surface area contributed by atoms with Crippen LogP contribution in [-0.4, -0.2) is 50.3 Å². The summed E-state index contributed by atoms with van der Waals surface area (Å²) in [6.45, 7) is 2.55. The molecular weight excluding hydrogens is 331 g/mol. The molecule has 0 N–H and O–H groups in total. The summed E-state index contributed by atoms with van der Waals surface area (Å²) in [5.41, 5.74) is 1.43. The van der Waals surface area contributed by atoms with Gasteiger partial charge in [-0.2, -0.15) is 12.8 Å². The lowest BCUT2D eigenvalue weighted by atomic mass is 10.1.